The lowest BCUT2D eigenvalue weighted by Gasteiger charge is -2.12. The summed E-state index contributed by atoms with van der Waals surface area (Å²) in [6.45, 7) is 4.07. The van der Waals surface area contributed by atoms with Crippen LogP contribution in [0.4, 0.5) is 5.69 Å². The number of para-hydroxylation sites is 1. The molecule has 1 N–H and O–H groups in total. The van der Waals surface area contributed by atoms with Crippen LogP contribution in [0.1, 0.15) is 30.4 Å². The van der Waals surface area contributed by atoms with Gasteiger partial charge in [-0.05, 0) is 48.7 Å². The Morgan fingerprint density at radius 1 is 1.15 bits per heavy atom. The molecular formula is C21H23N3O3. The van der Waals surface area contributed by atoms with Crippen LogP contribution in [0.3, 0.4) is 0 Å². The van der Waals surface area contributed by atoms with Crippen LogP contribution in [-0.4, -0.2) is 23.2 Å². The number of aromatic nitrogens is 2. The summed E-state index contributed by atoms with van der Waals surface area (Å²) in [5, 5.41) is 11.1. The first kappa shape index (κ1) is 18.6. The van der Waals surface area contributed by atoms with E-state index in [1.807, 2.05) is 49.4 Å². The molecule has 0 fully saturated rings. The van der Waals surface area contributed by atoms with Gasteiger partial charge in [0.15, 0.2) is 0 Å². The van der Waals surface area contributed by atoms with Crippen molar-refractivity contribution in [2.75, 3.05) is 12.4 Å². The molecule has 0 aliphatic rings. The van der Waals surface area contributed by atoms with Gasteiger partial charge in [0.1, 0.15) is 5.75 Å². The fourth-order valence-corrected chi connectivity index (χ4v) is 2.83. The van der Waals surface area contributed by atoms with Crippen molar-refractivity contribution in [3.05, 3.63) is 59.5 Å². The van der Waals surface area contributed by atoms with Gasteiger partial charge in [-0.3, -0.25) is 4.79 Å². The molecule has 27 heavy (non-hydrogen) atoms. The monoisotopic (exact) mass is 365 g/mol. The molecule has 0 saturated carbocycles. The van der Waals surface area contributed by atoms with Gasteiger partial charge in [-0.25, -0.2) is 0 Å². The molecule has 3 aromatic rings. The Labute approximate surface area is 158 Å². The van der Waals surface area contributed by atoms with E-state index in [1.165, 1.54) is 0 Å². The molecular weight excluding hydrogens is 342 g/mol. The molecule has 6 heteroatoms. The molecule has 0 bridgehead atoms. The lowest BCUT2D eigenvalue weighted by atomic mass is 10.1. The SMILES string of the molecule is CCc1cccc(C)c1NC(=O)CCc1nnc(-c2ccc(OC)cc2)o1. The van der Waals surface area contributed by atoms with Gasteiger partial charge in [-0.2, -0.15) is 0 Å². The van der Waals surface area contributed by atoms with Gasteiger partial charge in [0, 0.05) is 24.1 Å². The summed E-state index contributed by atoms with van der Waals surface area (Å²) in [4.78, 5) is 12.3. The van der Waals surface area contributed by atoms with Gasteiger partial charge in [-0.15, -0.1) is 10.2 Å². The molecule has 0 saturated heterocycles. The Balaban J connectivity index is 1.60. The number of hydrogen-bond acceptors (Lipinski definition) is 5. The van der Waals surface area contributed by atoms with E-state index in [1.54, 1.807) is 7.11 Å². The maximum absolute atomic E-state index is 12.3. The maximum Gasteiger partial charge on any atom is 0.247 e. The van der Waals surface area contributed by atoms with Gasteiger partial charge in [0.2, 0.25) is 17.7 Å². The number of anilines is 1. The van der Waals surface area contributed by atoms with Crippen LogP contribution in [0.15, 0.2) is 46.9 Å². The minimum atomic E-state index is -0.0665. The first-order chi connectivity index (χ1) is 13.1. The number of carbonyl (C=O) groups excluding carboxylic acids is 1. The summed E-state index contributed by atoms with van der Waals surface area (Å²) in [6.07, 6.45) is 1.54. The molecule has 0 aliphatic carbocycles. The standard InChI is InChI=1S/C21H23N3O3/c1-4-15-7-5-6-14(2)20(15)22-18(25)12-13-19-23-24-21(27-19)16-8-10-17(26-3)11-9-16/h5-11H,4,12-13H2,1-3H3,(H,22,25). The van der Waals surface area contributed by atoms with E-state index in [2.05, 4.69) is 22.4 Å². The third kappa shape index (κ3) is 4.53. The zero-order valence-electron chi connectivity index (χ0n) is 15.8. The molecule has 0 unspecified atom stereocenters. The van der Waals surface area contributed by atoms with Crippen LogP contribution in [0, 0.1) is 6.92 Å². The smallest absolute Gasteiger partial charge is 0.247 e. The predicted molar refractivity (Wildman–Crippen MR) is 104 cm³/mol. The molecule has 0 spiro atoms. The first-order valence-corrected chi connectivity index (χ1v) is 8.96. The zero-order valence-corrected chi connectivity index (χ0v) is 15.8. The van der Waals surface area contributed by atoms with E-state index < -0.39 is 0 Å². The number of nitrogens with one attached hydrogen (secondary N) is 1. The topological polar surface area (TPSA) is 77.2 Å². The molecule has 1 aromatic heterocycles. The molecule has 140 valence electrons. The van der Waals surface area contributed by atoms with Crippen molar-refractivity contribution in [1.82, 2.24) is 10.2 Å². The van der Waals surface area contributed by atoms with Crippen molar-refractivity contribution in [3.8, 4) is 17.2 Å². The van der Waals surface area contributed by atoms with Crippen molar-refractivity contribution in [3.63, 3.8) is 0 Å². The van der Waals surface area contributed by atoms with Gasteiger partial charge >= 0.3 is 0 Å². The van der Waals surface area contributed by atoms with Crippen LogP contribution < -0.4 is 10.1 Å². The molecule has 1 amide bonds. The van der Waals surface area contributed by atoms with E-state index in [-0.39, 0.29) is 12.3 Å². The molecule has 1 heterocycles. The minimum Gasteiger partial charge on any atom is -0.497 e. The number of aryl methyl sites for hydroxylation is 3. The van der Waals surface area contributed by atoms with Crippen LogP contribution in [0.2, 0.25) is 0 Å². The Bertz CT molecular complexity index is 917. The predicted octanol–water partition coefficient (Wildman–Crippen LogP) is 4.19. The number of benzene rings is 2. The summed E-state index contributed by atoms with van der Waals surface area (Å²) in [6, 6.07) is 13.4. The number of amides is 1. The number of ether oxygens (including phenoxy) is 1. The Kier molecular flexibility index (Phi) is 5.86. The summed E-state index contributed by atoms with van der Waals surface area (Å²) < 4.78 is 10.8. The highest BCUT2D eigenvalue weighted by Crippen LogP contribution is 2.23. The number of nitrogens with zero attached hydrogens (tertiary/aromatic N) is 2. The molecule has 0 aliphatic heterocycles. The van der Waals surface area contributed by atoms with E-state index >= 15 is 0 Å². The highest BCUT2D eigenvalue weighted by atomic mass is 16.5. The van der Waals surface area contributed by atoms with Crippen LogP contribution in [0.25, 0.3) is 11.5 Å². The van der Waals surface area contributed by atoms with E-state index in [9.17, 15) is 4.79 Å². The summed E-state index contributed by atoms with van der Waals surface area (Å²) in [5.41, 5.74) is 3.89. The van der Waals surface area contributed by atoms with Crippen molar-refractivity contribution in [2.24, 2.45) is 0 Å². The van der Waals surface area contributed by atoms with Crippen molar-refractivity contribution >= 4 is 11.6 Å². The lowest BCUT2D eigenvalue weighted by Crippen LogP contribution is -2.14. The maximum atomic E-state index is 12.3. The van der Waals surface area contributed by atoms with Crippen molar-refractivity contribution in [2.45, 2.75) is 33.1 Å². The Morgan fingerprint density at radius 3 is 2.63 bits per heavy atom. The zero-order chi connectivity index (χ0) is 19.2. The summed E-state index contributed by atoms with van der Waals surface area (Å²) in [7, 11) is 1.62. The van der Waals surface area contributed by atoms with Gasteiger partial charge in [-0.1, -0.05) is 25.1 Å². The molecule has 0 atom stereocenters. The highest BCUT2D eigenvalue weighted by Gasteiger charge is 2.12. The second-order valence-electron chi connectivity index (χ2n) is 6.24. The summed E-state index contributed by atoms with van der Waals surface area (Å²) >= 11 is 0. The number of rotatable bonds is 7. The van der Waals surface area contributed by atoms with E-state index in [4.69, 9.17) is 9.15 Å². The average molecular weight is 365 g/mol. The summed E-state index contributed by atoms with van der Waals surface area (Å²) in [5.74, 6) is 1.57. The Hall–Kier alpha value is -3.15. The second kappa shape index (κ2) is 8.49. The lowest BCUT2D eigenvalue weighted by molar-refractivity contribution is -0.116. The third-order valence-electron chi connectivity index (χ3n) is 4.37. The van der Waals surface area contributed by atoms with Crippen LogP contribution in [0.5, 0.6) is 5.75 Å². The van der Waals surface area contributed by atoms with Gasteiger partial charge in [0.05, 0.1) is 7.11 Å². The van der Waals surface area contributed by atoms with E-state index in [0.717, 1.165) is 34.5 Å². The first-order valence-electron chi connectivity index (χ1n) is 8.96. The minimum absolute atomic E-state index is 0.0665. The van der Waals surface area contributed by atoms with Crippen molar-refractivity contribution < 1.29 is 13.9 Å². The normalized spacial score (nSPS) is 10.6. The molecule has 6 nitrogen and oxygen atoms in total. The van der Waals surface area contributed by atoms with Crippen molar-refractivity contribution in [1.29, 1.82) is 0 Å². The fourth-order valence-electron chi connectivity index (χ4n) is 2.83. The second-order valence-corrected chi connectivity index (χ2v) is 6.24. The third-order valence-corrected chi connectivity index (χ3v) is 4.37. The molecule has 2 aromatic carbocycles. The molecule has 3 rings (SSSR count). The average Bonchev–Trinajstić information content (AvgIpc) is 3.17. The van der Waals surface area contributed by atoms with E-state index in [0.29, 0.717) is 18.2 Å². The molecule has 0 radical (unpaired) electrons. The Morgan fingerprint density at radius 2 is 1.93 bits per heavy atom. The quantitative estimate of drug-likeness (QED) is 0.679. The van der Waals surface area contributed by atoms with Crippen LogP contribution >= 0.6 is 0 Å². The number of carbonyl (C=O) groups is 1. The van der Waals surface area contributed by atoms with Gasteiger partial charge in [0.25, 0.3) is 0 Å². The van der Waals surface area contributed by atoms with Crippen LogP contribution in [-0.2, 0) is 17.6 Å². The highest BCUT2D eigenvalue weighted by molar-refractivity contribution is 5.92. The largest absolute Gasteiger partial charge is 0.497 e. The number of hydrogen-bond donors (Lipinski definition) is 1. The fraction of sp³-hybridized carbons (Fsp3) is 0.286. The van der Waals surface area contributed by atoms with Gasteiger partial charge < -0.3 is 14.5 Å². The number of methoxy groups -OCH3 is 1.